The van der Waals surface area contributed by atoms with Crippen molar-refractivity contribution in [2.24, 2.45) is 0 Å². The molecule has 1 heteroatoms. The molecule has 1 nitrogen and oxygen atoms in total. The van der Waals surface area contributed by atoms with Crippen LogP contribution in [0.5, 0.6) is 0 Å². The van der Waals surface area contributed by atoms with Gasteiger partial charge in [0.25, 0.3) is 0 Å². The first-order valence-corrected chi connectivity index (χ1v) is 4.41. The maximum atomic E-state index is 3.96. The Balaban J connectivity index is 4.13. The molecule has 0 saturated heterocycles. The zero-order valence-corrected chi connectivity index (χ0v) is 8.52. The smallest absolute Gasteiger partial charge is 0.0276 e. The molecule has 0 radical (unpaired) electrons. The zero-order chi connectivity index (χ0) is 9.02. The summed E-state index contributed by atoms with van der Waals surface area (Å²) >= 11 is 0. The van der Waals surface area contributed by atoms with E-state index in [-0.39, 0.29) is 0 Å². The number of rotatable bonds is 4. The molecule has 0 spiro atoms. The molecule has 0 aliphatic heterocycles. The van der Waals surface area contributed by atoms with Gasteiger partial charge in [-0.25, -0.2) is 0 Å². The van der Waals surface area contributed by atoms with Gasteiger partial charge in [0.15, 0.2) is 0 Å². The lowest BCUT2D eigenvalue weighted by Gasteiger charge is -2.31. The third kappa shape index (κ3) is 3.06. The van der Waals surface area contributed by atoms with Gasteiger partial charge in [0.05, 0.1) is 0 Å². The van der Waals surface area contributed by atoms with Crippen LogP contribution < -0.4 is 0 Å². The molecule has 0 amide bonds. The van der Waals surface area contributed by atoms with Crippen LogP contribution in [0.3, 0.4) is 0 Å². The Hall–Kier alpha value is -0.300. The van der Waals surface area contributed by atoms with Crippen LogP contribution in [0.2, 0.25) is 0 Å². The minimum atomic E-state index is 0.514. The first-order chi connectivity index (χ1) is 5.00. The van der Waals surface area contributed by atoms with Crippen molar-refractivity contribution in [3.8, 4) is 0 Å². The first-order valence-electron chi connectivity index (χ1n) is 4.41. The van der Waals surface area contributed by atoms with Crippen molar-refractivity contribution in [1.29, 1.82) is 0 Å². The molecule has 11 heavy (non-hydrogen) atoms. The fourth-order valence-corrected chi connectivity index (χ4v) is 1.37. The average Bonchev–Trinajstić information content (AvgIpc) is 1.88. The fourth-order valence-electron chi connectivity index (χ4n) is 1.37. The Kier molecular flexibility index (Phi) is 4.43. The highest BCUT2D eigenvalue weighted by Crippen LogP contribution is 2.10. The highest BCUT2D eigenvalue weighted by Gasteiger charge is 2.14. The van der Waals surface area contributed by atoms with E-state index in [4.69, 9.17) is 0 Å². The minimum absolute atomic E-state index is 0.514. The molecule has 0 saturated carbocycles. The predicted octanol–water partition coefficient (Wildman–Crippen LogP) is 2.68. The molecule has 66 valence electrons. The second kappa shape index (κ2) is 4.55. The molecule has 0 aromatic carbocycles. The van der Waals surface area contributed by atoms with Crippen molar-refractivity contribution in [2.45, 2.75) is 46.7 Å². The van der Waals surface area contributed by atoms with Gasteiger partial charge < -0.3 is 0 Å². The van der Waals surface area contributed by atoms with Crippen molar-refractivity contribution in [3.63, 3.8) is 0 Å². The van der Waals surface area contributed by atoms with E-state index in [1.54, 1.807) is 0 Å². The fraction of sp³-hybridized carbons (Fsp3) is 0.800. The molecule has 0 aromatic rings. The molecule has 0 fully saturated rings. The molecule has 0 aromatic heterocycles. The second-order valence-corrected chi connectivity index (χ2v) is 3.45. The van der Waals surface area contributed by atoms with Crippen LogP contribution in [0.4, 0.5) is 0 Å². The predicted molar refractivity (Wildman–Crippen MR) is 51.8 cm³/mol. The van der Waals surface area contributed by atoms with Gasteiger partial charge in [-0.1, -0.05) is 19.1 Å². The monoisotopic (exact) mass is 155 g/mol. The summed E-state index contributed by atoms with van der Waals surface area (Å²) < 4.78 is 0. The van der Waals surface area contributed by atoms with Crippen LogP contribution in [-0.4, -0.2) is 23.5 Å². The summed E-state index contributed by atoms with van der Waals surface area (Å²) in [4.78, 5) is 2.43. The van der Waals surface area contributed by atoms with Crippen molar-refractivity contribution >= 4 is 0 Å². The van der Waals surface area contributed by atoms with Crippen LogP contribution >= 0.6 is 0 Å². The first kappa shape index (κ1) is 10.7. The molecule has 0 rings (SSSR count). The normalized spacial score (nSPS) is 14.1. The van der Waals surface area contributed by atoms with E-state index in [0.717, 1.165) is 6.54 Å². The summed E-state index contributed by atoms with van der Waals surface area (Å²) in [5.74, 6) is 0. The van der Waals surface area contributed by atoms with E-state index in [9.17, 15) is 0 Å². The largest absolute Gasteiger partial charge is 0.295 e. The summed E-state index contributed by atoms with van der Waals surface area (Å²) in [6.45, 7) is 16.0. The molecule has 1 unspecified atom stereocenters. The quantitative estimate of drug-likeness (QED) is 0.564. The summed E-state index contributed by atoms with van der Waals surface area (Å²) in [5.41, 5.74) is 1.25. The third-order valence-corrected chi connectivity index (χ3v) is 2.24. The van der Waals surface area contributed by atoms with Gasteiger partial charge in [0.2, 0.25) is 0 Å². The van der Waals surface area contributed by atoms with Crippen molar-refractivity contribution in [1.82, 2.24) is 4.90 Å². The van der Waals surface area contributed by atoms with Gasteiger partial charge >= 0.3 is 0 Å². The minimum Gasteiger partial charge on any atom is -0.295 e. The number of hydrogen-bond donors (Lipinski definition) is 0. The maximum Gasteiger partial charge on any atom is 0.0276 e. The summed E-state index contributed by atoms with van der Waals surface area (Å²) in [7, 11) is 0. The third-order valence-electron chi connectivity index (χ3n) is 2.24. The summed E-state index contributed by atoms with van der Waals surface area (Å²) in [5, 5.41) is 0. The Morgan fingerprint density at radius 3 is 1.91 bits per heavy atom. The van der Waals surface area contributed by atoms with Crippen LogP contribution in [0.25, 0.3) is 0 Å². The average molecular weight is 155 g/mol. The molecule has 0 aliphatic rings. The van der Waals surface area contributed by atoms with Crippen molar-refractivity contribution in [3.05, 3.63) is 12.2 Å². The van der Waals surface area contributed by atoms with E-state index >= 15 is 0 Å². The van der Waals surface area contributed by atoms with Gasteiger partial charge in [-0.15, -0.1) is 0 Å². The van der Waals surface area contributed by atoms with E-state index in [0.29, 0.717) is 12.1 Å². The zero-order valence-electron chi connectivity index (χ0n) is 8.52. The van der Waals surface area contributed by atoms with E-state index < -0.39 is 0 Å². The highest BCUT2D eigenvalue weighted by molar-refractivity contribution is 5.00. The lowest BCUT2D eigenvalue weighted by atomic mass is 10.1. The SMILES string of the molecule is C=C(C)C(C)N(CC)C(C)C. The molecule has 0 aliphatic carbocycles. The van der Waals surface area contributed by atoms with Crippen molar-refractivity contribution < 1.29 is 0 Å². The van der Waals surface area contributed by atoms with Crippen LogP contribution in [0.15, 0.2) is 12.2 Å². The molecular weight excluding hydrogens is 134 g/mol. The highest BCUT2D eigenvalue weighted by atomic mass is 15.2. The summed E-state index contributed by atoms with van der Waals surface area (Å²) in [6, 6.07) is 1.13. The number of nitrogens with zero attached hydrogens (tertiary/aromatic N) is 1. The number of hydrogen-bond acceptors (Lipinski definition) is 1. The van der Waals surface area contributed by atoms with Gasteiger partial charge in [0, 0.05) is 12.1 Å². The van der Waals surface area contributed by atoms with Crippen molar-refractivity contribution in [2.75, 3.05) is 6.54 Å². The van der Waals surface area contributed by atoms with Gasteiger partial charge in [-0.05, 0) is 34.2 Å². The van der Waals surface area contributed by atoms with Crippen LogP contribution in [-0.2, 0) is 0 Å². The van der Waals surface area contributed by atoms with Gasteiger partial charge in [-0.2, -0.15) is 0 Å². The van der Waals surface area contributed by atoms with E-state index in [1.807, 2.05) is 0 Å². The van der Waals surface area contributed by atoms with E-state index in [1.165, 1.54) is 5.57 Å². The molecule has 0 bridgehead atoms. The lowest BCUT2D eigenvalue weighted by molar-refractivity contribution is 0.196. The molecule has 0 N–H and O–H groups in total. The van der Waals surface area contributed by atoms with Gasteiger partial charge in [0.1, 0.15) is 0 Å². The molecule has 0 heterocycles. The second-order valence-electron chi connectivity index (χ2n) is 3.45. The summed E-state index contributed by atoms with van der Waals surface area (Å²) in [6.07, 6.45) is 0. The Morgan fingerprint density at radius 1 is 1.36 bits per heavy atom. The maximum absolute atomic E-state index is 3.96. The topological polar surface area (TPSA) is 3.24 Å². The molecule has 1 atom stereocenters. The van der Waals surface area contributed by atoms with Gasteiger partial charge in [-0.3, -0.25) is 4.90 Å². The molecular formula is C10H21N. The Bertz CT molecular complexity index is 127. The number of likely N-dealkylation sites (N-methyl/N-ethyl adjacent to an activating group) is 1. The standard InChI is InChI=1S/C10H21N/c1-7-11(9(4)5)10(6)8(2)3/h9-10H,2,7H2,1,3-6H3. The lowest BCUT2D eigenvalue weighted by Crippen LogP contribution is -2.38. The van der Waals surface area contributed by atoms with Crippen LogP contribution in [0, 0.1) is 0 Å². The van der Waals surface area contributed by atoms with Crippen LogP contribution in [0.1, 0.15) is 34.6 Å². The Morgan fingerprint density at radius 2 is 1.82 bits per heavy atom. The Labute approximate surface area is 71.1 Å². The van der Waals surface area contributed by atoms with E-state index in [2.05, 4.69) is 46.1 Å².